The van der Waals surface area contributed by atoms with E-state index in [0.717, 1.165) is 10.5 Å². The van der Waals surface area contributed by atoms with Crippen molar-refractivity contribution in [3.8, 4) is 0 Å². The van der Waals surface area contributed by atoms with Gasteiger partial charge in [-0.2, -0.15) is 0 Å². The number of anilines is 1. The van der Waals surface area contributed by atoms with Gasteiger partial charge in [-0.25, -0.2) is 14.7 Å². The molecule has 4 aliphatic rings. The molecule has 2 saturated heterocycles. The van der Waals surface area contributed by atoms with Gasteiger partial charge in [0.25, 0.3) is 5.91 Å². The number of cyclic esters (lactones) is 1. The summed E-state index contributed by atoms with van der Waals surface area (Å²) in [4.78, 5) is 71.8. The van der Waals surface area contributed by atoms with Crippen molar-refractivity contribution in [2.75, 3.05) is 18.6 Å². The van der Waals surface area contributed by atoms with Gasteiger partial charge in [0.15, 0.2) is 0 Å². The number of rotatable bonds is 4. The number of ether oxygens (including phenoxy) is 2. The van der Waals surface area contributed by atoms with E-state index in [4.69, 9.17) is 4.74 Å². The Bertz CT molecular complexity index is 1220. The van der Waals surface area contributed by atoms with E-state index in [2.05, 4.69) is 9.73 Å². The average Bonchev–Trinajstić information content (AvgIpc) is 3.27. The first kappa shape index (κ1) is 22.9. The second-order valence-corrected chi connectivity index (χ2v) is 9.21. The normalized spacial score (nSPS) is 30.9. The first-order valence-electron chi connectivity index (χ1n) is 11.6. The van der Waals surface area contributed by atoms with E-state index in [1.54, 1.807) is 37.3 Å². The number of imide groups is 2. The number of nitrogens with zero attached hydrogens (tertiary/aromatic N) is 3. The van der Waals surface area contributed by atoms with Crippen LogP contribution in [-0.4, -0.2) is 59.8 Å². The third kappa shape index (κ3) is 3.08. The van der Waals surface area contributed by atoms with Gasteiger partial charge < -0.3 is 9.47 Å². The molecule has 3 unspecified atom stereocenters. The van der Waals surface area contributed by atoms with E-state index in [1.807, 2.05) is 6.92 Å². The highest BCUT2D eigenvalue weighted by atomic mass is 16.6. The third-order valence-corrected chi connectivity index (χ3v) is 7.60. The predicted molar refractivity (Wildman–Crippen MR) is 122 cm³/mol. The van der Waals surface area contributed by atoms with Crippen molar-refractivity contribution in [1.82, 2.24) is 4.90 Å². The van der Waals surface area contributed by atoms with E-state index < -0.39 is 47.8 Å². The number of carbonyl (C=O) groups is 5. The summed E-state index contributed by atoms with van der Waals surface area (Å²) in [5.41, 5.74) is 0.223. The van der Waals surface area contributed by atoms with Crippen LogP contribution in [-0.2, 0) is 28.7 Å². The minimum Gasteiger partial charge on any atom is -0.468 e. The first-order chi connectivity index (χ1) is 16.7. The Hall–Kier alpha value is -3.82. The van der Waals surface area contributed by atoms with Crippen molar-refractivity contribution in [2.24, 2.45) is 22.7 Å². The van der Waals surface area contributed by atoms with Gasteiger partial charge in [-0.15, -0.1) is 0 Å². The number of aliphatic imine (C=N–C) groups is 1. The molecular formula is C25H25N3O7. The molecule has 182 valence electrons. The molecule has 3 aliphatic heterocycles. The highest BCUT2D eigenvalue weighted by molar-refractivity contribution is 6.23. The van der Waals surface area contributed by atoms with Crippen molar-refractivity contribution in [3.05, 3.63) is 41.5 Å². The van der Waals surface area contributed by atoms with Crippen LogP contribution in [0.15, 0.2) is 46.5 Å². The molecule has 3 fully saturated rings. The van der Waals surface area contributed by atoms with Crippen molar-refractivity contribution >= 4 is 41.4 Å². The fourth-order valence-corrected chi connectivity index (χ4v) is 6.10. The molecule has 0 bridgehead atoms. The topological polar surface area (TPSA) is 123 Å². The maximum Gasteiger partial charge on any atom is 0.424 e. The van der Waals surface area contributed by atoms with Gasteiger partial charge in [0.1, 0.15) is 12.1 Å². The van der Waals surface area contributed by atoms with Crippen molar-refractivity contribution < 1.29 is 33.4 Å². The van der Waals surface area contributed by atoms with Gasteiger partial charge in [0, 0.05) is 11.5 Å². The monoisotopic (exact) mass is 479 g/mol. The number of hydrogen-bond acceptors (Lipinski definition) is 8. The number of hydrogen-bond donors (Lipinski definition) is 0. The Balaban J connectivity index is 1.67. The molecule has 1 aliphatic carbocycles. The molecule has 10 nitrogen and oxygen atoms in total. The largest absolute Gasteiger partial charge is 0.468 e. The van der Waals surface area contributed by atoms with Gasteiger partial charge >= 0.3 is 12.1 Å². The predicted octanol–water partition coefficient (Wildman–Crippen LogP) is 2.23. The summed E-state index contributed by atoms with van der Waals surface area (Å²) in [5.74, 6) is -4.08. The maximum atomic E-state index is 13.9. The minimum atomic E-state index is -1.46. The number of amides is 4. The maximum absolute atomic E-state index is 13.9. The van der Waals surface area contributed by atoms with E-state index >= 15 is 0 Å². The Morgan fingerprint density at radius 3 is 2.54 bits per heavy atom. The zero-order chi connectivity index (χ0) is 25.1. The molecule has 3 heterocycles. The highest BCUT2D eigenvalue weighted by Crippen LogP contribution is 2.56. The second-order valence-electron chi connectivity index (χ2n) is 9.21. The van der Waals surface area contributed by atoms with Gasteiger partial charge in [-0.1, -0.05) is 30.7 Å². The minimum absolute atomic E-state index is 0.127. The number of carbonyl (C=O) groups excluding carboxylic acids is 5. The summed E-state index contributed by atoms with van der Waals surface area (Å²) >= 11 is 0. The second kappa shape index (κ2) is 8.14. The van der Waals surface area contributed by atoms with Crippen LogP contribution >= 0.6 is 0 Å². The van der Waals surface area contributed by atoms with Crippen LogP contribution in [0.25, 0.3) is 0 Å². The molecule has 4 amide bonds. The Morgan fingerprint density at radius 2 is 1.89 bits per heavy atom. The summed E-state index contributed by atoms with van der Waals surface area (Å²) in [7, 11) is 1.21. The summed E-state index contributed by atoms with van der Waals surface area (Å²) in [5, 5.41) is 0. The third-order valence-electron chi connectivity index (χ3n) is 7.60. The molecule has 0 aromatic heterocycles. The Kier molecular flexibility index (Phi) is 5.34. The Morgan fingerprint density at radius 1 is 1.17 bits per heavy atom. The smallest absolute Gasteiger partial charge is 0.424 e. The van der Waals surface area contributed by atoms with Crippen LogP contribution in [0, 0.1) is 17.8 Å². The lowest BCUT2D eigenvalue weighted by molar-refractivity contribution is -0.138. The van der Waals surface area contributed by atoms with Crippen LogP contribution < -0.4 is 4.90 Å². The zero-order valence-electron chi connectivity index (χ0n) is 19.6. The zero-order valence-corrected chi connectivity index (χ0v) is 19.6. The quantitative estimate of drug-likeness (QED) is 0.479. The highest BCUT2D eigenvalue weighted by Gasteiger charge is 2.68. The Labute approximate surface area is 201 Å². The molecule has 1 aromatic rings. The summed E-state index contributed by atoms with van der Waals surface area (Å²) in [6.07, 6.45) is 0.302. The number of fused-ring (bicyclic) bond motifs is 5. The number of methoxy groups -OCH3 is 1. The van der Waals surface area contributed by atoms with Crippen LogP contribution in [0.3, 0.4) is 0 Å². The molecule has 0 radical (unpaired) electrons. The fraction of sp³-hybridized carbons (Fsp3) is 0.440. The molecule has 4 atom stereocenters. The lowest BCUT2D eigenvalue weighted by Gasteiger charge is -2.48. The molecule has 0 N–H and O–H groups in total. The van der Waals surface area contributed by atoms with E-state index in [9.17, 15) is 24.0 Å². The fourth-order valence-electron chi connectivity index (χ4n) is 6.10. The van der Waals surface area contributed by atoms with Crippen molar-refractivity contribution in [1.29, 1.82) is 0 Å². The number of esters is 1. The average molecular weight is 479 g/mol. The molecule has 5 rings (SSSR count). The molecule has 0 spiro atoms. The standard InChI is InChI=1S/C25H25N3O7/c1-4-14-15-10-11-16-18(22(32)27(20(16)30)13-8-6-5-7-9-13)19(15)25(2)23(26-12-17(29)34-3)35-24(33)28(25)21(14)31/h5-9,16,18-19H,4,10-12H2,1-3H3/t16?,18?,19?,25-/m0/s1. The van der Waals surface area contributed by atoms with Crippen molar-refractivity contribution in [3.63, 3.8) is 0 Å². The molecular weight excluding hydrogens is 454 g/mol. The molecule has 35 heavy (non-hydrogen) atoms. The van der Waals surface area contributed by atoms with Gasteiger partial charge in [-0.3, -0.25) is 24.1 Å². The number of para-hydroxylation sites is 1. The summed E-state index contributed by atoms with van der Waals surface area (Å²) in [6, 6.07) is 8.70. The van der Waals surface area contributed by atoms with Crippen LogP contribution in [0.4, 0.5) is 10.5 Å². The lowest BCUT2D eigenvalue weighted by atomic mass is 9.59. The SMILES string of the molecule is CCC1=C2CCC3C(=O)N(c4ccccc4)C(=O)C3C2[C@@]2(C)C(=NCC(=O)OC)OC(=O)N2C1=O. The van der Waals surface area contributed by atoms with Crippen LogP contribution in [0.2, 0.25) is 0 Å². The molecule has 1 aromatic carbocycles. The van der Waals surface area contributed by atoms with Gasteiger partial charge in [0.2, 0.25) is 17.7 Å². The van der Waals surface area contributed by atoms with Crippen LogP contribution in [0.1, 0.15) is 33.1 Å². The first-order valence-corrected chi connectivity index (χ1v) is 11.6. The molecule has 1 saturated carbocycles. The van der Waals surface area contributed by atoms with E-state index in [-0.39, 0.29) is 17.7 Å². The van der Waals surface area contributed by atoms with Gasteiger partial charge in [0.05, 0.1) is 24.6 Å². The van der Waals surface area contributed by atoms with Gasteiger partial charge in [-0.05, 0) is 38.3 Å². The lowest BCUT2D eigenvalue weighted by Crippen LogP contribution is -2.63. The molecule has 10 heteroatoms. The van der Waals surface area contributed by atoms with Crippen molar-refractivity contribution in [2.45, 2.75) is 38.6 Å². The van der Waals surface area contributed by atoms with Crippen LogP contribution in [0.5, 0.6) is 0 Å². The summed E-state index contributed by atoms with van der Waals surface area (Å²) in [6.45, 7) is 3.02. The van der Waals surface area contributed by atoms with E-state index in [1.165, 1.54) is 12.0 Å². The summed E-state index contributed by atoms with van der Waals surface area (Å²) < 4.78 is 10.1. The van der Waals surface area contributed by atoms with E-state index in [0.29, 0.717) is 30.5 Å². The number of benzene rings is 1.